The smallest absolute Gasteiger partial charge is 0.416 e. The van der Waals surface area contributed by atoms with Crippen LogP contribution in [0, 0.1) is 0 Å². The van der Waals surface area contributed by atoms with Crippen molar-refractivity contribution in [1.82, 2.24) is 0 Å². The minimum atomic E-state index is -4.40. The van der Waals surface area contributed by atoms with Crippen molar-refractivity contribution in [2.75, 3.05) is 14.2 Å². The summed E-state index contributed by atoms with van der Waals surface area (Å²) < 4.78 is 48.5. The second kappa shape index (κ2) is 5.40. The highest BCUT2D eigenvalue weighted by atomic mass is 19.4. The summed E-state index contributed by atoms with van der Waals surface area (Å²) in [4.78, 5) is 0. The first kappa shape index (κ1) is 13.8. The number of hydrogen-bond acceptors (Lipinski definition) is 2. The van der Waals surface area contributed by atoms with Crippen molar-refractivity contribution in [3.05, 3.63) is 28.8 Å². The van der Waals surface area contributed by atoms with Gasteiger partial charge in [-0.3, -0.25) is 0 Å². The first-order valence-corrected chi connectivity index (χ1v) is 5.20. The van der Waals surface area contributed by atoms with Gasteiger partial charge < -0.3 is 9.47 Å². The van der Waals surface area contributed by atoms with Crippen LogP contribution in [-0.4, -0.2) is 14.2 Å². The third kappa shape index (κ3) is 3.12. The number of halogens is 3. The van der Waals surface area contributed by atoms with Crippen molar-refractivity contribution < 1.29 is 22.6 Å². The van der Waals surface area contributed by atoms with Gasteiger partial charge >= 0.3 is 6.18 Å². The second-order valence-corrected chi connectivity index (χ2v) is 3.61. The summed E-state index contributed by atoms with van der Waals surface area (Å²) in [5.74, 6) is 0.221. The van der Waals surface area contributed by atoms with Gasteiger partial charge in [0.1, 0.15) is 5.75 Å². The Morgan fingerprint density at radius 2 is 1.82 bits per heavy atom. The van der Waals surface area contributed by atoms with Gasteiger partial charge in [-0.2, -0.15) is 13.2 Å². The summed E-state index contributed by atoms with van der Waals surface area (Å²) >= 11 is 0. The average Bonchev–Trinajstić information content (AvgIpc) is 2.28. The van der Waals surface area contributed by atoms with E-state index in [-0.39, 0.29) is 17.9 Å². The zero-order chi connectivity index (χ0) is 13.1. The van der Waals surface area contributed by atoms with E-state index in [9.17, 15) is 13.2 Å². The van der Waals surface area contributed by atoms with E-state index >= 15 is 0 Å². The van der Waals surface area contributed by atoms with Crippen LogP contribution in [0.3, 0.4) is 0 Å². The van der Waals surface area contributed by atoms with E-state index in [0.29, 0.717) is 12.0 Å². The van der Waals surface area contributed by atoms with Crippen molar-refractivity contribution in [2.45, 2.75) is 26.1 Å². The molecule has 0 spiro atoms. The van der Waals surface area contributed by atoms with Crippen LogP contribution in [0.15, 0.2) is 12.1 Å². The fraction of sp³-hybridized carbons (Fsp3) is 0.500. The Labute approximate surface area is 98.3 Å². The second-order valence-electron chi connectivity index (χ2n) is 3.61. The first-order valence-electron chi connectivity index (χ1n) is 5.20. The van der Waals surface area contributed by atoms with Gasteiger partial charge in [-0.1, -0.05) is 6.92 Å². The van der Waals surface area contributed by atoms with Gasteiger partial charge in [0, 0.05) is 12.7 Å². The molecule has 0 aliphatic carbocycles. The highest BCUT2D eigenvalue weighted by Crippen LogP contribution is 2.37. The number of rotatable bonds is 4. The maximum atomic E-state index is 12.9. The minimum absolute atomic E-state index is 0.0414. The van der Waals surface area contributed by atoms with Crippen molar-refractivity contribution in [3.63, 3.8) is 0 Å². The summed E-state index contributed by atoms with van der Waals surface area (Å²) in [6.07, 6.45) is -3.88. The Balaban J connectivity index is 3.41. The van der Waals surface area contributed by atoms with Crippen LogP contribution in [0.4, 0.5) is 13.2 Å². The monoisotopic (exact) mass is 248 g/mol. The SMILES string of the molecule is CCc1cc(OC)c(COC)c(C(F)(F)F)c1. The average molecular weight is 248 g/mol. The molecule has 0 N–H and O–H groups in total. The maximum Gasteiger partial charge on any atom is 0.416 e. The van der Waals surface area contributed by atoms with E-state index in [1.165, 1.54) is 14.2 Å². The summed E-state index contributed by atoms with van der Waals surface area (Å²) in [6.45, 7) is 1.67. The Hall–Kier alpha value is -1.23. The highest BCUT2D eigenvalue weighted by Gasteiger charge is 2.35. The number of alkyl halides is 3. The summed E-state index contributed by atoms with van der Waals surface area (Å²) in [6, 6.07) is 2.76. The van der Waals surface area contributed by atoms with Gasteiger partial charge in [-0.25, -0.2) is 0 Å². The molecular formula is C12H15F3O2. The molecule has 0 saturated heterocycles. The fourth-order valence-corrected chi connectivity index (χ4v) is 1.63. The van der Waals surface area contributed by atoms with Gasteiger partial charge in [0.25, 0.3) is 0 Å². The normalized spacial score (nSPS) is 11.6. The summed E-state index contributed by atoms with van der Waals surface area (Å²) in [5, 5.41) is 0. The lowest BCUT2D eigenvalue weighted by atomic mass is 10.0. The number of aryl methyl sites for hydroxylation is 1. The molecule has 1 aromatic carbocycles. The largest absolute Gasteiger partial charge is 0.496 e. The molecule has 96 valence electrons. The van der Waals surface area contributed by atoms with Crippen LogP contribution >= 0.6 is 0 Å². The molecule has 0 aliphatic heterocycles. The standard InChI is InChI=1S/C12H15F3O2/c1-4-8-5-10(12(13,14)15)9(7-16-2)11(6-8)17-3/h5-6H,4,7H2,1-3H3. The van der Waals surface area contributed by atoms with E-state index in [1.807, 2.05) is 0 Å². The molecule has 0 unspecified atom stereocenters. The van der Waals surface area contributed by atoms with Gasteiger partial charge in [-0.15, -0.1) is 0 Å². The van der Waals surface area contributed by atoms with E-state index in [0.717, 1.165) is 6.07 Å². The lowest BCUT2D eigenvalue weighted by Crippen LogP contribution is -2.12. The third-order valence-electron chi connectivity index (χ3n) is 2.49. The molecule has 0 aliphatic rings. The molecule has 0 saturated carbocycles. The van der Waals surface area contributed by atoms with Crippen LogP contribution in [-0.2, 0) is 23.9 Å². The molecule has 5 heteroatoms. The predicted octanol–water partition coefficient (Wildman–Crippen LogP) is 3.42. The number of ether oxygens (including phenoxy) is 2. The Morgan fingerprint density at radius 3 is 2.24 bits per heavy atom. The van der Waals surface area contributed by atoms with Gasteiger partial charge in [0.05, 0.1) is 19.3 Å². The molecule has 0 atom stereocenters. The van der Waals surface area contributed by atoms with Crippen LogP contribution in [0.5, 0.6) is 5.75 Å². The van der Waals surface area contributed by atoms with Gasteiger partial charge in [-0.05, 0) is 24.1 Å². The highest BCUT2D eigenvalue weighted by molar-refractivity contribution is 5.45. The van der Waals surface area contributed by atoms with E-state index < -0.39 is 11.7 Å². The molecule has 0 aromatic heterocycles. The third-order valence-corrected chi connectivity index (χ3v) is 2.49. The molecule has 1 aromatic rings. The van der Waals surface area contributed by atoms with E-state index in [2.05, 4.69) is 0 Å². The van der Waals surface area contributed by atoms with Crippen molar-refractivity contribution in [1.29, 1.82) is 0 Å². The molecule has 2 nitrogen and oxygen atoms in total. The summed E-state index contributed by atoms with van der Waals surface area (Å²) in [7, 11) is 2.71. The zero-order valence-corrected chi connectivity index (χ0v) is 10.0. The summed E-state index contributed by atoms with van der Waals surface area (Å²) in [5.41, 5.74) is -0.0516. The molecule has 0 heterocycles. The Bertz CT molecular complexity index is 386. The molecule has 0 fully saturated rings. The fourth-order valence-electron chi connectivity index (χ4n) is 1.63. The topological polar surface area (TPSA) is 18.5 Å². The molecule has 1 rings (SSSR count). The van der Waals surface area contributed by atoms with Gasteiger partial charge in [0.2, 0.25) is 0 Å². The quantitative estimate of drug-likeness (QED) is 0.812. The number of methoxy groups -OCH3 is 2. The minimum Gasteiger partial charge on any atom is -0.496 e. The molecule has 0 amide bonds. The molecular weight excluding hydrogens is 233 g/mol. The molecule has 0 radical (unpaired) electrons. The number of hydrogen-bond donors (Lipinski definition) is 0. The molecule has 17 heavy (non-hydrogen) atoms. The number of benzene rings is 1. The van der Waals surface area contributed by atoms with Crippen molar-refractivity contribution in [3.8, 4) is 5.75 Å². The van der Waals surface area contributed by atoms with Crippen LogP contribution in [0.25, 0.3) is 0 Å². The van der Waals surface area contributed by atoms with Crippen LogP contribution in [0.1, 0.15) is 23.6 Å². The van der Waals surface area contributed by atoms with E-state index in [1.54, 1.807) is 13.0 Å². The Morgan fingerprint density at radius 1 is 1.18 bits per heavy atom. The lowest BCUT2D eigenvalue weighted by Gasteiger charge is -2.17. The predicted molar refractivity (Wildman–Crippen MR) is 58.1 cm³/mol. The van der Waals surface area contributed by atoms with Gasteiger partial charge in [0.15, 0.2) is 0 Å². The van der Waals surface area contributed by atoms with E-state index in [4.69, 9.17) is 9.47 Å². The lowest BCUT2D eigenvalue weighted by molar-refractivity contribution is -0.139. The first-order chi connectivity index (χ1) is 7.93. The van der Waals surface area contributed by atoms with Crippen LogP contribution in [0.2, 0.25) is 0 Å². The Kier molecular flexibility index (Phi) is 4.40. The van der Waals surface area contributed by atoms with Crippen molar-refractivity contribution in [2.24, 2.45) is 0 Å². The van der Waals surface area contributed by atoms with Crippen molar-refractivity contribution >= 4 is 0 Å². The molecule has 0 bridgehead atoms. The maximum absolute atomic E-state index is 12.9. The van der Waals surface area contributed by atoms with Crippen LogP contribution < -0.4 is 4.74 Å². The zero-order valence-electron chi connectivity index (χ0n) is 10.0.